The molecule has 0 amide bonds. The molecule has 3 unspecified atom stereocenters. The maximum absolute atomic E-state index is 9.55. The zero-order valence-corrected chi connectivity index (χ0v) is 6.61. The number of fused-ring (bicyclic) bond motifs is 1. The first-order valence-electron chi connectivity index (χ1n) is 4.37. The Bertz CT molecular complexity index is 151. The molecule has 11 heavy (non-hydrogen) atoms. The van der Waals surface area contributed by atoms with Crippen molar-refractivity contribution in [3.63, 3.8) is 0 Å². The largest absolute Gasteiger partial charge is 0.395 e. The van der Waals surface area contributed by atoms with Gasteiger partial charge in [0.1, 0.15) is 0 Å². The van der Waals surface area contributed by atoms with Crippen LogP contribution in [0.5, 0.6) is 0 Å². The highest BCUT2D eigenvalue weighted by Crippen LogP contribution is 2.32. The molecule has 0 aliphatic carbocycles. The summed E-state index contributed by atoms with van der Waals surface area (Å²) < 4.78 is 0. The molecule has 0 aromatic heterocycles. The Balaban J connectivity index is 2.07. The van der Waals surface area contributed by atoms with Crippen LogP contribution in [0, 0.1) is 0 Å². The van der Waals surface area contributed by atoms with Gasteiger partial charge in [-0.2, -0.15) is 0 Å². The van der Waals surface area contributed by atoms with Crippen molar-refractivity contribution in [2.75, 3.05) is 13.2 Å². The molecule has 2 aliphatic heterocycles. The van der Waals surface area contributed by atoms with Gasteiger partial charge in [0.25, 0.3) is 0 Å². The second-order valence-corrected chi connectivity index (χ2v) is 3.59. The normalized spacial score (nSPS) is 44.7. The van der Waals surface area contributed by atoms with Crippen LogP contribution in [0.4, 0.5) is 0 Å². The summed E-state index contributed by atoms with van der Waals surface area (Å²) in [6.45, 7) is 1.26. The fourth-order valence-corrected chi connectivity index (χ4v) is 2.43. The van der Waals surface area contributed by atoms with E-state index in [1.54, 1.807) is 0 Å². The minimum atomic E-state index is -0.186. The molecule has 3 heteroatoms. The summed E-state index contributed by atoms with van der Waals surface area (Å²) in [4.78, 5) is 2.25. The van der Waals surface area contributed by atoms with Crippen molar-refractivity contribution in [3.05, 3.63) is 0 Å². The van der Waals surface area contributed by atoms with E-state index in [9.17, 15) is 5.11 Å². The molecule has 2 saturated heterocycles. The summed E-state index contributed by atoms with van der Waals surface area (Å²) in [5.41, 5.74) is 0. The third-order valence-electron chi connectivity index (χ3n) is 2.98. The van der Waals surface area contributed by atoms with Crippen molar-refractivity contribution in [3.8, 4) is 0 Å². The first-order chi connectivity index (χ1) is 5.33. The van der Waals surface area contributed by atoms with Gasteiger partial charge in [-0.3, -0.25) is 4.90 Å². The summed E-state index contributed by atoms with van der Waals surface area (Å²) in [6, 6.07) is 0.588. The van der Waals surface area contributed by atoms with Crippen LogP contribution in [-0.4, -0.2) is 46.5 Å². The van der Waals surface area contributed by atoms with Gasteiger partial charge in [0.05, 0.1) is 12.7 Å². The average Bonchev–Trinajstić information content (AvgIpc) is 2.54. The Kier molecular flexibility index (Phi) is 1.87. The van der Waals surface area contributed by atoms with Gasteiger partial charge in [0.15, 0.2) is 0 Å². The lowest BCUT2D eigenvalue weighted by atomic mass is 10.1. The third kappa shape index (κ3) is 1.08. The quantitative estimate of drug-likeness (QED) is 0.543. The zero-order chi connectivity index (χ0) is 7.84. The molecular formula is C8H15NO2. The highest BCUT2D eigenvalue weighted by Gasteiger charge is 2.42. The van der Waals surface area contributed by atoms with Crippen LogP contribution in [0.25, 0.3) is 0 Å². The van der Waals surface area contributed by atoms with Gasteiger partial charge in [0, 0.05) is 12.1 Å². The van der Waals surface area contributed by atoms with Gasteiger partial charge in [-0.1, -0.05) is 0 Å². The minimum Gasteiger partial charge on any atom is -0.395 e. The summed E-state index contributed by atoms with van der Waals surface area (Å²) in [5.74, 6) is 0. The molecule has 2 aliphatic rings. The van der Waals surface area contributed by atoms with Crippen LogP contribution in [0.3, 0.4) is 0 Å². The molecule has 0 radical (unpaired) electrons. The number of aliphatic hydroxyl groups excluding tert-OH is 2. The van der Waals surface area contributed by atoms with Crippen molar-refractivity contribution in [1.82, 2.24) is 4.90 Å². The van der Waals surface area contributed by atoms with Crippen LogP contribution >= 0.6 is 0 Å². The van der Waals surface area contributed by atoms with Crippen LogP contribution in [-0.2, 0) is 0 Å². The summed E-state index contributed by atoms with van der Waals surface area (Å²) in [7, 11) is 0. The third-order valence-corrected chi connectivity index (χ3v) is 2.98. The fourth-order valence-electron chi connectivity index (χ4n) is 2.43. The van der Waals surface area contributed by atoms with Gasteiger partial charge in [-0.25, -0.2) is 0 Å². The van der Waals surface area contributed by atoms with Crippen molar-refractivity contribution >= 4 is 0 Å². The van der Waals surface area contributed by atoms with E-state index < -0.39 is 0 Å². The molecule has 0 saturated carbocycles. The Hall–Kier alpha value is -0.120. The van der Waals surface area contributed by atoms with Gasteiger partial charge in [-0.05, 0) is 25.8 Å². The second-order valence-electron chi connectivity index (χ2n) is 3.59. The smallest absolute Gasteiger partial charge is 0.0711 e. The van der Waals surface area contributed by atoms with Crippen LogP contribution in [0.2, 0.25) is 0 Å². The molecular weight excluding hydrogens is 142 g/mol. The zero-order valence-electron chi connectivity index (χ0n) is 6.61. The van der Waals surface area contributed by atoms with Gasteiger partial charge >= 0.3 is 0 Å². The molecule has 0 bridgehead atoms. The van der Waals surface area contributed by atoms with Crippen molar-refractivity contribution < 1.29 is 10.2 Å². The van der Waals surface area contributed by atoms with E-state index in [1.165, 1.54) is 6.42 Å². The average molecular weight is 157 g/mol. The van der Waals surface area contributed by atoms with E-state index in [0.717, 1.165) is 19.4 Å². The molecule has 3 nitrogen and oxygen atoms in total. The van der Waals surface area contributed by atoms with Crippen molar-refractivity contribution in [2.24, 2.45) is 0 Å². The van der Waals surface area contributed by atoms with E-state index in [2.05, 4.69) is 4.90 Å². The Morgan fingerprint density at radius 3 is 3.00 bits per heavy atom. The molecule has 3 atom stereocenters. The van der Waals surface area contributed by atoms with E-state index in [1.807, 2.05) is 0 Å². The lowest BCUT2D eigenvalue weighted by molar-refractivity contribution is 0.127. The van der Waals surface area contributed by atoms with E-state index in [0.29, 0.717) is 6.04 Å². The fraction of sp³-hybridized carbons (Fsp3) is 1.00. The topological polar surface area (TPSA) is 43.7 Å². The van der Waals surface area contributed by atoms with Crippen LogP contribution < -0.4 is 0 Å². The number of aliphatic hydroxyl groups is 2. The molecule has 2 rings (SSSR count). The van der Waals surface area contributed by atoms with Gasteiger partial charge in [-0.15, -0.1) is 0 Å². The maximum atomic E-state index is 9.55. The Morgan fingerprint density at radius 1 is 1.45 bits per heavy atom. The monoisotopic (exact) mass is 157 g/mol. The lowest BCUT2D eigenvalue weighted by Gasteiger charge is -2.21. The first-order valence-corrected chi connectivity index (χ1v) is 4.37. The number of hydrogen-bond acceptors (Lipinski definition) is 3. The molecule has 2 heterocycles. The highest BCUT2D eigenvalue weighted by atomic mass is 16.3. The minimum absolute atomic E-state index is 0.186. The lowest BCUT2D eigenvalue weighted by Crippen LogP contribution is -2.34. The van der Waals surface area contributed by atoms with E-state index in [-0.39, 0.29) is 18.8 Å². The highest BCUT2D eigenvalue weighted by molar-refractivity contribution is 4.97. The SMILES string of the molecule is OCC1CC(O)C2CCCN12. The van der Waals surface area contributed by atoms with E-state index in [4.69, 9.17) is 5.11 Å². The number of nitrogens with zero attached hydrogens (tertiary/aromatic N) is 1. The molecule has 0 spiro atoms. The summed E-state index contributed by atoms with van der Waals surface area (Å²) in [5, 5.41) is 18.5. The molecule has 0 aromatic carbocycles. The van der Waals surface area contributed by atoms with Gasteiger partial charge in [0.2, 0.25) is 0 Å². The molecule has 2 fully saturated rings. The molecule has 0 aromatic rings. The summed E-state index contributed by atoms with van der Waals surface area (Å²) in [6.07, 6.45) is 2.87. The maximum Gasteiger partial charge on any atom is 0.0711 e. The Morgan fingerprint density at radius 2 is 2.27 bits per heavy atom. The molecule has 2 N–H and O–H groups in total. The van der Waals surface area contributed by atoms with Crippen molar-refractivity contribution in [1.29, 1.82) is 0 Å². The number of rotatable bonds is 1. The first kappa shape index (κ1) is 7.53. The van der Waals surface area contributed by atoms with Crippen LogP contribution in [0.15, 0.2) is 0 Å². The predicted molar refractivity (Wildman–Crippen MR) is 41.2 cm³/mol. The summed E-state index contributed by atoms with van der Waals surface area (Å²) >= 11 is 0. The predicted octanol–water partition coefficient (Wildman–Crippen LogP) is -0.424. The molecule has 64 valence electrons. The Labute approximate surface area is 66.6 Å². The number of hydrogen-bond donors (Lipinski definition) is 2. The second kappa shape index (κ2) is 2.73. The standard InChI is InChI=1S/C8H15NO2/c10-5-6-4-8(11)7-2-1-3-9(6)7/h6-8,10-11H,1-5H2. The van der Waals surface area contributed by atoms with Crippen molar-refractivity contribution in [2.45, 2.75) is 37.5 Å². The van der Waals surface area contributed by atoms with Gasteiger partial charge < -0.3 is 10.2 Å². The van der Waals surface area contributed by atoms with E-state index >= 15 is 0 Å². The van der Waals surface area contributed by atoms with Crippen LogP contribution in [0.1, 0.15) is 19.3 Å².